The number of hydrogen-bond donors (Lipinski definition) is 0. The van der Waals surface area contributed by atoms with Gasteiger partial charge in [0.15, 0.2) is 0 Å². The van der Waals surface area contributed by atoms with Crippen LogP contribution in [0.2, 0.25) is 9.36 Å². The molecule has 0 aromatic heterocycles. The van der Waals surface area contributed by atoms with E-state index >= 15 is 0 Å². The molecular formula is C24H32HfSi3. The van der Waals surface area contributed by atoms with Crippen molar-refractivity contribution in [2.24, 2.45) is 0 Å². The van der Waals surface area contributed by atoms with E-state index in [1.165, 1.54) is 11.1 Å². The van der Waals surface area contributed by atoms with Gasteiger partial charge in [-0.05, 0) is 0 Å². The molecule has 0 saturated carbocycles. The molecule has 3 aliphatic rings. The molecule has 0 spiro atoms. The third-order valence-electron chi connectivity index (χ3n) is 8.38. The summed E-state index contributed by atoms with van der Waals surface area (Å²) in [4.78, 5) is 0. The van der Waals surface area contributed by atoms with Gasteiger partial charge in [-0.15, -0.1) is 0 Å². The summed E-state index contributed by atoms with van der Waals surface area (Å²) in [5.41, 5.74) is 13.0. The molecule has 5 rings (SSSR count). The molecule has 144 valence electrons. The zero-order valence-electron chi connectivity index (χ0n) is 18.2. The molecule has 0 N–H and O–H groups in total. The van der Waals surface area contributed by atoms with Gasteiger partial charge < -0.3 is 0 Å². The fourth-order valence-corrected chi connectivity index (χ4v) is 279. The van der Waals surface area contributed by atoms with Crippen molar-refractivity contribution in [1.29, 1.82) is 0 Å². The molecule has 1 saturated heterocycles. The Morgan fingerprint density at radius 3 is 1.54 bits per heavy atom. The number of hydrogen-bond acceptors (Lipinski definition) is 0. The van der Waals surface area contributed by atoms with Gasteiger partial charge in [-0.25, -0.2) is 0 Å². The van der Waals surface area contributed by atoms with Gasteiger partial charge >= 0.3 is 176 Å². The molecule has 2 unspecified atom stereocenters. The zero-order chi connectivity index (χ0) is 19.9. The van der Waals surface area contributed by atoms with E-state index in [1.54, 1.807) is 33.4 Å². The van der Waals surface area contributed by atoms with Gasteiger partial charge in [0.2, 0.25) is 0 Å². The second-order valence-electron chi connectivity index (χ2n) is 10.5. The van der Waals surface area contributed by atoms with Crippen LogP contribution in [-0.4, -0.2) is 21.6 Å². The van der Waals surface area contributed by atoms with Crippen LogP contribution in [0.3, 0.4) is 0 Å². The van der Waals surface area contributed by atoms with Crippen molar-refractivity contribution in [2.45, 2.75) is 44.4 Å². The molecule has 28 heavy (non-hydrogen) atoms. The first-order valence-electron chi connectivity index (χ1n) is 10.8. The molecule has 0 amide bonds. The molecule has 0 radical (unpaired) electrons. The zero-order valence-corrected chi connectivity index (χ0v) is 25.6. The standard InChI is InChI=1S/2C11H11.2CH3.Hf.H4Si3/c2*1-8-6-10-5-3-4-9(2)11(10)7-8;;;;1-2-3-1/h2*3-7H,1-2H3;2*1H3;;1-2H2. The van der Waals surface area contributed by atoms with E-state index in [2.05, 4.69) is 85.6 Å². The number of allylic oxidation sites excluding steroid dienone is 2. The quantitative estimate of drug-likeness (QED) is 0.439. The van der Waals surface area contributed by atoms with Crippen molar-refractivity contribution in [1.82, 2.24) is 0 Å². The Morgan fingerprint density at radius 1 is 0.714 bits per heavy atom. The molecule has 1 heterocycles. The first-order valence-corrected chi connectivity index (χ1v) is 37.7. The third kappa shape index (κ3) is 2.47. The predicted molar refractivity (Wildman–Crippen MR) is 130 cm³/mol. The van der Waals surface area contributed by atoms with Gasteiger partial charge in [0.25, 0.3) is 0 Å². The molecule has 0 nitrogen and oxygen atoms in total. The molecule has 2 aromatic carbocycles. The van der Waals surface area contributed by atoms with E-state index in [0.717, 1.165) is 7.35 Å². The van der Waals surface area contributed by atoms with Crippen LogP contribution in [0.25, 0.3) is 12.2 Å². The topological polar surface area (TPSA) is 0 Å². The van der Waals surface area contributed by atoms with Crippen LogP contribution in [0.1, 0.15) is 54.6 Å². The molecule has 2 aliphatic carbocycles. The molecule has 0 bridgehead atoms. The van der Waals surface area contributed by atoms with Crippen LogP contribution >= 0.6 is 0 Å². The van der Waals surface area contributed by atoms with Crippen LogP contribution in [0.4, 0.5) is 0 Å². The Kier molecular flexibility index (Phi) is 4.31. The number of fused-ring (bicyclic) bond motifs is 2. The number of benzene rings is 2. The summed E-state index contributed by atoms with van der Waals surface area (Å²) in [6.45, 7) is 9.59. The van der Waals surface area contributed by atoms with Crippen molar-refractivity contribution >= 4 is 33.8 Å². The molecule has 1 fully saturated rings. The van der Waals surface area contributed by atoms with Gasteiger partial charge in [-0.3, -0.25) is 0 Å². The summed E-state index contributed by atoms with van der Waals surface area (Å²) in [5, 5.41) is 0. The second kappa shape index (κ2) is 6.22. The number of rotatable bonds is 2. The molecular weight excluding hydrogens is 551 g/mol. The minimum absolute atomic E-state index is 0.0560. The summed E-state index contributed by atoms with van der Waals surface area (Å²) < 4.78 is 7.58. The van der Waals surface area contributed by atoms with Gasteiger partial charge in [0.1, 0.15) is 0 Å². The Labute approximate surface area is 175 Å². The van der Waals surface area contributed by atoms with E-state index in [9.17, 15) is 0 Å². The summed E-state index contributed by atoms with van der Waals surface area (Å²) in [7, 11) is 0.742. The van der Waals surface area contributed by atoms with Crippen molar-refractivity contribution in [3.63, 3.8) is 0 Å². The van der Waals surface area contributed by atoms with Crippen LogP contribution in [0.15, 0.2) is 47.5 Å². The van der Waals surface area contributed by atoms with Crippen LogP contribution in [-0.2, 0) is 17.1 Å². The monoisotopic (exact) mass is 584 g/mol. The SMILES string of the molecule is CC1=Cc2c(C)cccc2[CH]1[Hf]([CH3])([CH3])([CH]1C(C)=Cc2c(C)cccc21)=[Si]1[SiH2][SiH2]1. The minimum atomic E-state index is -3.26. The number of aryl methyl sites for hydroxylation is 2. The van der Waals surface area contributed by atoms with Gasteiger partial charge in [-0.2, -0.15) is 0 Å². The van der Waals surface area contributed by atoms with Crippen molar-refractivity contribution in [3.05, 3.63) is 80.9 Å². The average molecular weight is 583 g/mol. The predicted octanol–water partition coefficient (Wildman–Crippen LogP) is 4.96. The Balaban J connectivity index is 1.83. The molecule has 1 aliphatic heterocycles. The van der Waals surface area contributed by atoms with E-state index < -0.39 is 17.1 Å². The molecule has 2 aromatic rings. The first-order chi connectivity index (χ1) is 13.2. The summed E-state index contributed by atoms with van der Waals surface area (Å²) >= 11 is -3.26. The third-order valence-corrected chi connectivity index (χ3v) is 174. The first kappa shape index (κ1) is 19.4. The van der Waals surface area contributed by atoms with Crippen molar-refractivity contribution < 1.29 is 17.1 Å². The fraction of sp³-hybridized carbons (Fsp3) is 0.333. The van der Waals surface area contributed by atoms with Gasteiger partial charge in [0, 0.05) is 0 Å². The average Bonchev–Trinajstić information content (AvgIpc) is 3.35. The molecule has 4 heteroatoms. The Hall–Kier alpha value is -0.559. The van der Waals surface area contributed by atoms with Crippen LogP contribution in [0.5, 0.6) is 0 Å². The van der Waals surface area contributed by atoms with Gasteiger partial charge in [0.05, 0.1) is 0 Å². The molecule has 2 atom stereocenters. The summed E-state index contributed by atoms with van der Waals surface area (Å²) in [6, 6.07) is 14.3. The van der Waals surface area contributed by atoms with Crippen LogP contribution < -0.4 is 0 Å². The van der Waals surface area contributed by atoms with Crippen molar-refractivity contribution in [2.75, 3.05) is 0 Å². The van der Waals surface area contributed by atoms with Crippen LogP contribution in [0, 0.1) is 13.8 Å². The summed E-state index contributed by atoms with van der Waals surface area (Å²) in [6.07, 6.45) is 5.16. The fourth-order valence-electron chi connectivity index (χ4n) is 7.20. The second-order valence-corrected chi connectivity index (χ2v) is 91.5. The van der Waals surface area contributed by atoms with E-state index in [1.807, 2.05) is 0 Å². The Bertz CT molecular complexity index is 1090. The summed E-state index contributed by atoms with van der Waals surface area (Å²) in [5.74, 6) is 0. The Morgan fingerprint density at radius 2 is 1.14 bits per heavy atom. The van der Waals surface area contributed by atoms with Gasteiger partial charge in [-0.1, -0.05) is 0 Å². The maximum atomic E-state index is 2.96. The van der Waals surface area contributed by atoms with Crippen molar-refractivity contribution in [3.8, 4) is 0 Å². The van der Waals surface area contributed by atoms with E-state index in [-0.39, 0.29) is 4.53 Å². The maximum absolute atomic E-state index is 3.26. The van der Waals surface area contributed by atoms with E-state index in [0.29, 0.717) is 17.1 Å². The normalized spacial score (nSPS) is 25.0. The van der Waals surface area contributed by atoms with E-state index in [4.69, 9.17) is 0 Å².